The fraction of sp³-hybridized carbons (Fsp3) is 0.667. The number of aromatic nitrogens is 2. The molecule has 2 rings (SSSR count). The lowest BCUT2D eigenvalue weighted by Gasteiger charge is -2.39. The van der Waals surface area contributed by atoms with Gasteiger partial charge >= 0.3 is 12.1 Å². The third kappa shape index (κ3) is 3.23. The molecule has 1 aliphatic rings. The number of rotatable bonds is 2. The number of carbonyl (C=O) groups is 2. The van der Waals surface area contributed by atoms with Gasteiger partial charge in [-0.2, -0.15) is 5.10 Å². The van der Waals surface area contributed by atoms with Crippen molar-refractivity contribution in [1.29, 1.82) is 0 Å². The van der Waals surface area contributed by atoms with E-state index in [4.69, 9.17) is 4.74 Å². The topological polar surface area (TPSA) is 84.7 Å². The van der Waals surface area contributed by atoms with E-state index in [1.165, 1.54) is 4.68 Å². The van der Waals surface area contributed by atoms with Crippen LogP contribution in [0.3, 0.4) is 0 Å². The van der Waals surface area contributed by atoms with Crippen LogP contribution >= 0.6 is 0 Å². The van der Waals surface area contributed by atoms with Gasteiger partial charge in [0, 0.05) is 32.1 Å². The Morgan fingerprint density at radius 2 is 1.91 bits per heavy atom. The maximum Gasteiger partial charge on any atom is 0.410 e. The van der Waals surface area contributed by atoms with Gasteiger partial charge in [-0.15, -0.1) is 0 Å². The standard InChI is InChI=1S/C15H23N3O4/c1-11-9-16-18(10-11)15(12(19)20)5-7-17(8-6-15)13(21)22-14(2,3)4/h9-10H,5-8H2,1-4H3,(H,19,20). The van der Waals surface area contributed by atoms with Gasteiger partial charge in [-0.25, -0.2) is 9.59 Å². The summed E-state index contributed by atoms with van der Waals surface area (Å²) in [6.45, 7) is 7.96. The highest BCUT2D eigenvalue weighted by Crippen LogP contribution is 2.31. The Morgan fingerprint density at radius 3 is 2.32 bits per heavy atom. The largest absolute Gasteiger partial charge is 0.479 e. The molecule has 1 aromatic rings. The lowest BCUT2D eigenvalue weighted by Crippen LogP contribution is -2.53. The van der Waals surface area contributed by atoms with Crippen LogP contribution in [-0.4, -0.2) is 50.5 Å². The van der Waals surface area contributed by atoms with E-state index in [2.05, 4.69) is 5.10 Å². The van der Waals surface area contributed by atoms with Crippen LogP contribution in [0, 0.1) is 6.92 Å². The predicted molar refractivity (Wildman–Crippen MR) is 79.6 cm³/mol. The number of ether oxygens (including phenoxy) is 1. The Balaban J connectivity index is 2.11. The van der Waals surface area contributed by atoms with Gasteiger partial charge in [-0.3, -0.25) is 4.68 Å². The molecule has 0 bridgehead atoms. The van der Waals surface area contributed by atoms with E-state index in [0.29, 0.717) is 25.9 Å². The zero-order chi connectivity index (χ0) is 16.5. The van der Waals surface area contributed by atoms with Crippen molar-refractivity contribution < 1.29 is 19.4 Å². The van der Waals surface area contributed by atoms with Crippen molar-refractivity contribution in [3.8, 4) is 0 Å². The highest BCUT2D eigenvalue weighted by Gasteiger charge is 2.45. The van der Waals surface area contributed by atoms with Gasteiger partial charge in [0.2, 0.25) is 0 Å². The summed E-state index contributed by atoms with van der Waals surface area (Å²) in [4.78, 5) is 25.4. The molecule has 122 valence electrons. The van der Waals surface area contributed by atoms with Gasteiger partial charge in [0.25, 0.3) is 0 Å². The molecule has 2 heterocycles. The van der Waals surface area contributed by atoms with Crippen molar-refractivity contribution in [1.82, 2.24) is 14.7 Å². The minimum atomic E-state index is -1.09. The smallest absolute Gasteiger partial charge is 0.410 e. The Hall–Kier alpha value is -2.05. The summed E-state index contributed by atoms with van der Waals surface area (Å²) in [5, 5.41) is 13.8. The van der Waals surface area contributed by atoms with Crippen LogP contribution in [0.5, 0.6) is 0 Å². The molecule has 1 N–H and O–H groups in total. The lowest BCUT2D eigenvalue weighted by molar-refractivity contribution is -0.151. The second kappa shape index (κ2) is 5.62. The minimum Gasteiger partial charge on any atom is -0.479 e. The van der Waals surface area contributed by atoms with E-state index in [-0.39, 0.29) is 0 Å². The number of aryl methyl sites for hydroxylation is 1. The Labute approximate surface area is 129 Å². The second-order valence-corrected chi connectivity index (χ2v) is 6.77. The first-order valence-corrected chi connectivity index (χ1v) is 7.37. The van der Waals surface area contributed by atoms with Crippen LogP contribution in [0.1, 0.15) is 39.2 Å². The van der Waals surface area contributed by atoms with Gasteiger partial charge < -0.3 is 14.7 Å². The number of hydrogen-bond acceptors (Lipinski definition) is 4. The van der Waals surface area contributed by atoms with Gasteiger partial charge in [-0.05, 0) is 33.3 Å². The summed E-state index contributed by atoms with van der Waals surface area (Å²) >= 11 is 0. The van der Waals surface area contributed by atoms with Crippen LogP contribution in [0.4, 0.5) is 4.79 Å². The van der Waals surface area contributed by atoms with E-state index in [1.54, 1.807) is 17.3 Å². The van der Waals surface area contributed by atoms with Crippen molar-refractivity contribution >= 4 is 12.1 Å². The third-order valence-electron chi connectivity index (χ3n) is 3.79. The molecule has 1 aliphatic heterocycles. The minimum absolute atomic E-state index is 0.308. The Morgan fingerprint density at radius 1 is 1.32 bits per heavy atom. The molecule has 22 heavy (non-hydrogen) atoms. The molecule has 1 saturated heterocycles. The van der Waals surface area contributed by atoms with Crippen LogP contribution in [0.15, 0.2) is 12.4 Å². The summed E-state index contributed by atoms with van der Waals surface area (Å²) in [7, 11) is 0. The van der Waals surface area contributed by atoms with Crippen LogP contribution in [-0.2, 0) is 15.1 Å². The molecule has 7 heteroatoms. The number of piperidine rings is 1. The van der Waals surface area contributed by atoms with Gasteiger partial charge in [-0.1, -0.05) is 0 Å². The highest BCUT2D eigenvalue weighted by molar-refractivity contribution is 5.77. The molecule has 0 atom stereocenters. The molecule has 0 aromatic carbocycles. The quantitative estimate of drug-likeness (QED) is 0.903. The molecule has 0 saturated carbocycles. The van der Waals surface area contributed by atoms with Gasteiger partial charge in [0.1, 0.15) is 5.60 Å². The second-order valence-electron chi connectivity index (χ2n) is 6.77. The number of likely N-dealkylation sites (tertiary alicyclic amines) is 1. The van der Waals surface area contributed by atoms with E-state index < -0.39 is 23.2 Å². The predicted octanol–water partition coefficient (Wildman–Crippen LogP) is 2.00. The van der Waals surface area contributed by atoms with Crippen LogP contribution in [0.2, 0.25) is 0 Å². The number of nitrogens with zero attached hydrogens (tertiary/aromatic N) is 3. The molecule has 0 spiro atoms. The Kier molecular flexibility index (Phi) is 4.17. The summed E-state index contributed by atoms with van der Waals surface area (Å²) in [5.74, 6) is -0.917. The number of amides is 1. The first kappa shape index (κ1) is 16.3. The lowest BCUT2D eigenvalue weighted by atomic mass is 9.88. The van der Waals surface area contributed by atoms with Crippen molar-refractivity contribution in [2.45, 2.75) is 51.7 Å². The maximum atomic E-state index is 12.1. The summed E-state index contributed by atoms with van der Waals surface area (Å²) in [6, 6.07) is 0. The zero-order valence-corrected chi connectivity index (χ0v) is 13.5. The molecule has 1 amide bonds. The monoisotopic (exact) mass is 309 g/mol. The number of carboxylic acid groups (broad SMARTS) is 1. The highest BCUT2D eigenvalue weighted by atomic mass is 16.6. The molecule has 0 aliphatic carbocycles. The van der Waals surface area contributed by atoms with E-state index in [0.717, 1.165) is 5.56 Å². The van der Waals surface area contributed by atoms with Gasteiger partial charge in [0.05, 0.1) is 6.20 Å². The number of aliphatic carboxylic acids is 1. The summed E-state index contributed by atoms with van der Waals surface area (Å²) in [6.07, 6.45) is 3.59. The first-order valence-electron chi connectivity index (χ1n) is 7.37. The summed E-state index contributed by atoms with van der Waals surface area (Å²) < 4.78 is 6.84. The number of carbonyl (C=O) groups excluding carboxylic acids is 1. The summed E-state index contributed by atoms with van der Waals surface area (Å²) in [5.41, 5.74) is -0.736. The Bertz CT molecular complexity index is 566. The van der Waals surface area contributed by atoms with Crippen molar-refractivity contribution in [2.75, 3.05) is 13.1 Å². The van der Waals surface area contributed by atoms with E-state index in [9.17, 15) is 14.7 Å². The fourth-order valence-corrected chi connectivity index (χ4v) is 2.57. The van der Waals surface area contributed by atoms with Crippen LogP contribution in [0.25, 0.3) is 0 Å². The fourth-order valence-electron chi connectivity index (χ4n) is 2.57. The maximum absolute atomic E-state index is 12.1. The van der Waals surface area contributed by atoms with Crippen LogP contribution < -0.4 is 0 Å². The molecule has 1 aromatic heterocycles. The van der Waals surface area contributed by atoms with E-state index >= 15 is 0 Å². The van der Waals surface area contributed by atoms with Crippen molar-refractivity contribution in [3.05, 3.63) is 18.0 Å². The molecule has 0 radical (unpaired) electrons. The molecule has 0 unspecified atom stereocenters. The average Bonchev–Trinajstić information content (AvgIpc) is 2.83. The van der Waals surface area contributed by atoms with E-state index in [1.807, 2.05) is 27.7 Å². The molecule has 1 fully saturated rings. The molecular weight excluding hydrogens is 286 g/mol. The van der Waals surface area contributed by atoms with Crippen molar-refractivity contribution in [2.24, 2.45) is 0 Å². The zero-order valence-electron chi connectivity index (χ0n) is 13.5. The molecular formula is C15H23N3O4. The number of carboxylic acids is 1. The number of hydrogen-bond donors (Lipinski definition) is 1. The SMILES string of the molecule is Cc1cnn(C2(C(=O)O)CCN(C(=O)OC(C)(C)C)CC2)c1. The van der Waals surface area contributed by atoms with Crippen molar-refractivity contribution in [3.63, 3.8) is 0 Å². The third-order valence-corrected chi connectivity index (χ3v) is 3.79. The first-order chi connectivity index (χ1) is 10.1. The van der Waals surface area contributed by atoms with Gasteiger partial charge in [0.15, 0.2) is 5.54 Å². The average molecular weight is 309 g/mol. The normalized spacial score (nSPS) is 18.1. The molecule has 7 nitrogen and oxygen atoms in total.